The van der Waals surface area contributed by atoms with Crippen LogP contribution < -0.4 is 19.9 Å². The molecule has 4 saturated heterocycles. The predicted molar refractivity (Wildman–Crippen MR) is 214 cm³/mol. The summed E-state index contributed by atoms with van der Waals surface area (Å²) < 4.78 is 6.18. The molecule has 10 rings (SSSR count). The third-order valence-electron chi connectivity index (χ3n) is 13.6. The van der Waals surface area contributed by atoms with Gasteiger partial charge in [0.25, 0.3) is 5.91 Å². The summed E-state index contributed by atoms with van der Waals surface area (Å²) in [6.45, 7) is 8.68. The number of fused-ring (bicyclic) bond motifs is 3. The Morgan fingerprint density at radius 2 is 1.50 bits per heavy atom. The molecular weight excluding hydrogens is 703 g/mol. The van der Waals surface area contributed by atoms with Crippen LogP contribution in [0, 0.1) is 17.8 Å². The number of hydrogen-bond donors (Lipinski definition) is 2. The number of phenols is 1. The number of rotatable bonds is 7. The molecule has 3 unspecified atom stereocenters. The molecule has 56 heavy (non-hydrogen) atoms. The predicted octanol–water partition coefficient (Wildman–Crippen LogP) is 5.75. The number of imide groups is 1. The van der Waals surface area contributed by atoms with Crippen LogP contribution in [0.2, 0.25) is 0 Å². The Kier molecular flexibility index (Phi) is 8.96. The Bertz CT molecular complexity index is 2140. The van der Waals surface area contributed by atoms with Gasteiger partial charge < -0.3 is 29.4 Å². The lowest BCUT2D eigenvalue weighted by Crippen LogP contribution is -2.52. The van der Waals surface area contributed by atoms with Gasteiger partial charge in [-0.3, -0.25) is 19.7 Å². The molecule has 3 amide bonds. The van der Waals surface area contributed by atoms with Crippen molar-refractivity contribution in [2.75, 3.05) is 62.2 Å². The van der Waals surface area contributed by atoms with Gasteiger partial charge in [0.15, 0.2) is 0 Å². The van der Waals surface area contributed by atoms with Crippen LogP contribution in [-0.4, -0.2) is 91.1 Å². The van der Waals surface area contributed by atoms with Gasteiger partial charge in [-0.1, -0.05) is 48.5 Å². The summed E-state index contributed by atoms with van der Waals surface area (Å²) in [4.78, 5) is 46.7. The number of amides is 3. The molecule has 10 nitrogen and oxygen atoms in total. The fourth-order valence-electron chi connectivity index (χ4n) is 10.6. The minimum atomic E-state index is -0.583. The molecular formula is C46H49N5O5. The highest BCUT2D eigenvalue weighted by atomic mass is 16.5. The van der Waals surface area contributed by atoms with E-state index in [1.165, 1.54) is 36.2 Å². The van der Waals surface area contributed by atoms with E-state index in [4.69, 9.17) is 4.74 Å². The number of phenolic OH excluding ortho intramolecular Hbond substituents is 1. The molecule has 6 aliphatic rings. The van der Waals surface area contributed by atoms with Gasteiger partial charge in [-0.05, 0) is 90.1 Å². The highest BCUT2D eigenvalue weighted by molar-refractivity contribution is 6.05. The summed E-state index contributed by atoms with van der Waals surface area (Å²) in [6, 6.07) is 30.9. The zero-order valence-electron chi connectivity index (χ0n) is 31.7. The van der Waals surface area contributed by atoms with E-state index in [9.17, 15) is 19.5 Å². The van der Waals surface area contributed by atoms with Gasteiger partial charge in [0.05, 0.1) is 6.61 Å². The molecule has 4 aromatic carbocycles. The lowest BCUT2D eigenvalue weighted by molar-refractivity contribution is -0.136. The second kappa shape index (κ2) is 14.3. The molecule has 2 N–H and O–H groups in total. The topological polar surface area (TPSA) is 106 Å². The average Bonchev–Trinajstić information content (AvgIpc) is 3.89. The zero-order chi connectivity index (χ0) is 37.9. The Labute approximate surface area is 328 Å². The molecule has 4 fully saturated rings. The smallest absolute Gasteiger partial charge is 0.255 e. The van der Waals surface area contributed by atoms with E-state index in [1.54, 1.807) is 17.0 Å². The monoisotopic (exact) mass is 751 g/mol. The fourth-order valence-corrected chi connectivity index (χ4v) is 10.6. The summed E-state index contributed by atoms with van der Waals surface area (Å²) in [5.41, 5.74) is 7.76. The number of piperidine rings is 2. The standard InChI is InChI=1S/C46H49N5O5/c52-37-11-13-39-42(21-37)56-28-40(30-4-2-1-3-5-30)44(39)31-6-8-35(9-7-31)49-18-16-29(17-19-49)22-48-23-33-25-50(26-34(33)24-48)36-10-12-38-32(20-36)27-51(46(38)55)41-14-15-43(53)47-45(41)54/h1-13,20-21,29,33-34,40-41,44,52H,14-19,22-28H2,(H,47,53,54)/t33?,34?,40-,41?,44-/m0/s1. The molecule has 6 heterocycles. The van der Waals surface area contributed by atoms with E-state index in [1.807, 2.05) is 12.1 Å². The molecule has 0 aromatic heterocycles. The molecule has 0 aliphatic carbocycles. The quantitative estimate of drug-likeness (QED) is 0.231. The molecule has 288 valence electrons. The second-order valence-electron chi connectivity index (χ2n) is 16.9. The average molecular weight is 752 g/mol. The first-order valence-electron chi connectivity index (χ1n) is 20.4. The van der Waals surface area contributed by atoms with Crippen molar-refractivity contribution in [3.63, 3.8) is 0 Å². The van der Waals surface area contributed by atoms with E-state index in [0.29, 0.717) is 42.9 Å². The van der Waals surface area contributed by atoms with Gasteiger partial charge in [0.1, 0.15) is 17.5 Å². The van der Waals surface area contributed by atoms with Gasteiger partial charge in [0, 0.05) is 99.2 Å². The van der Waals surface area contributed by atoms with E-state index < -0.39 is 6.04 Å². The van der Waals surface area contributed by atoms with Crippen molar-refractivity contribution < 1.29 is 24.2 Å². The Morgan fingerprint density at radius 1 is 0.750 bits per heavy atom. The number of nitrogens with zero attached hydrogens (tertiary/aromatic N) is 4. The number of likely N-dealkylation sites (tertiary alicyclic amines) is 1. The first-order chi connectivity index (χ1) is 27.3. The van der Waals surface area contributed by atoms with Crippen LogP contribution in [0.4, 0.5) is 11.4 Å². The number of anilines is 2. The molecule has 0 spiro atoms. The van der Waals surface area contributed by atoms with Gasteiger partial charge >= 0.3 is 0 Å². The largest absolute Gasteiger partial charge is 0.508 e. The lowest BCUT2D eigenvalue weighted by atomic mass is 9.76. The van der Waals surface area contributed by atoms with Crippen LogP contribution in [0.25, 0.3) is 0 Å². The molecule has 0 saturated carbocycles. The zero-order valence-corrected chi connectivity index (χ0v) is 31.7. The summed E-state index contributed by atoms with van der Waals surface area (Å²) in [7, 11) is 0. The number of aromatic hydroxyl groups is 1. The van der Waals surface area contributed by atoms with Crippen molar-refractivity contribution in [2.45, 2.75) is 50.1 Å². The number of carbonyl (C=O) groups excluding carboxylic acids is 3. The minimum absolute atomic E-state index is 0.115. The number of hydrogen-bond acceptors (Lipinski definition) is 8. The molecule has 6 aliphatic heterocycles. The summed E-state index contributed by atoms with van der Waals surface area (Å²) in [5.74, 6) is 2.60. The summed E-state index contributed by atoms with van der Waals surface area (Å²) >= 11 is 0. The summed E-state index contributed by atoms with van der Waals surface area (Å²) in [5, 5.41) is 12.6. The van der Waals surface area contributed by atoms with E-state index in [0.717, 1.165) is 61.8 Å². The first kappa shape index (κ1) is 35.1. The van der Waals surface area contributed by atoms with Crippen molar-refractivity contribution in [3.8, 4) is 11.5 Å². The van der Waals surface area contributed by atoms with Gasteiger partial charge in [0.2, 0.25) is 11.8 Å². The third-order valence-corrected chi connectivity index (χ3v) is 13.6. The van der Waals surface area contributed by atoms with Crippen LogP contribution in [-0.2, 0) is 16.1 Å². The number of nitrogens with one attached hydrogen (secondary N) is 1. The van der Waals surface area contributed by atoms with Crippen molar-refractivity contribution in [2.24, 2.45) is 17.8 Å². The Balaban J connectivity index is 0.726. The fraction of sp³-hybridized carbons (Fsp3) is 0.413. The van der Waals surface area contributed by atoms with Crippen molar-refractivity contribution in [3.05, 3.63) is 119 Å². The molecule has 5 atom stereocenters. The highest BCUT2D eigenvalue weighted by Crippen LogP contribution is 2.47. The van der Waals surface area contributed by atoms with E-state index >= 15 is 0 Å². The number of benzene rings is 4. The maximum atomic E-state index is 13.2. The maximum absolute atomic E-state index is 13.2. The van der Waals surface area contributed by atoms with Gasteiger partial charge in [-0.25, -0.2) is 0 Å². The Hall–Kier alpha value is -5.35. The van der Waals surface area contributed by atoms with Crippen molar-refractivity contribution >= 4 is 29.1 Å². The lowest BCUT2D eigenvalue weighted by Gasteiger charge is -2.36. The number of carbonyl (C=O) groups is 3. The second-order valence-corrected chi connectivity index (χ2v) is 16.9. The van der Waals surface area contributed by atoms with Crippen LogP contribution in [0.5, 0.6) is 11.5 Å². The minimum Gasteiger partial charge on any atom is -0.508 e. The van der Waals surface area contributed by atoms with Gasteiger partial charge in [-0.2, -0.15) is 0 Å². The molecule has 10 heteroatoms. The number of ether oxygens (including phenoxy) is 1. The van der Waals surface area contributed by atoms with Crippen molar-refractivity contribution in [1.82, 2.24) is 15.1 Å². The molecule has 0 radical (unpaired) electrons. The molecule has 0 bridgehead atoms. The van der Waals surface area contributed by atoms with E-state index in [2.05, 4.69) is 86.7 Å². The normalized spacial score (nSPS) is 26.5. The third kappa shape index (κ3) is 6.47. The maximum Gasteiger partial charge on any atom is 0.255 e. The first-order valence-corrected chi connectivity index (χ1v) is 20.4. The van der Waals surface area contributed by atoms with Crippen LogP contribution in [0.15, 0.2) is 91.0 Å². The SMILES string of the molecule is O=C1CCC(N2Cc3cc(N4CC5CN(CC6CCN(c7ccc([C@H]8c9ccc(O)cc9OC[C@H]8c8ccccc8)cc7)CC6)CC5C4)ccc3C2=O)C(=O)N1. The van der Waals surface area contributed by atoms with Gasteiger partial charge in [-0.15, -0.1) is 0 Å². The Morgan fingerprint density at radius 3 is 2.25 bits per heavy atom. The van der Waals surface area contributed by atoms with Crippen LogP contribution in [0.1, 0.15) is 70.1 Å². The highest BCUT2D eigenvalue weighted by Gasteiger charge is 2.43. The summed E-state index contributed by atoms with van der Waals surface area (Å²) in [6.07, 6.45) is 3.06. The molecule has 4 aromatic rings. The van der Waals surface area contributed by atoms with E-state index in [-0.39, 0.29) is 41.7 Å². The van der Waals surface area contributed by atoms with Crippen molar-refractivity contribution in [1.29, 1.82) is 0 Å². The van der Waals surface area contributed by atoms with Crippen LogP contribution >= 0.6 is 0 Å². The van der Waals surface area contributed by atoms with Crippen LogP contribution in [0.3, 0.4) is 0 Å².